The lowest BCUT2D eigenvalue weighted by atomic mass is 9.95. The minimum Gasteiger partial charge on any atom is -0.208 e. The highest BCUT2D eigenvalue weighted by Crippen LogP contribution is 2.41. The van der Waals surface area contributed by atoms with Crippen LogP contribution in [0.4, 0.5) is 0 Å². The summed E-state index contributed by atoms with van der Waals surface area (Å²) in [5, 5.41) is 7.12. The molecule has 10 aromatic rings. The predicted octanol–water partition coefficient (Wildman–Crippen LogP) is 12.9. The van der Waals surface area contributed by atoms with Crippen LogP contribution in [0.25, 0.3) is 98.1 Å². The second kappa shape index (κ2) is 12.1. The molecule has 0 bridgehead atoms. The molecule has 2 heterocycles. The van der Waals surface area contributed by atoms with Gasteiger partial charge in [-0.1, -0.05) is 146 Å². The van der Waals surface area contributed by atoms with Crippen molar-refractivity contribution in [1.29, 1.82) is 0 Å². The molecular formula is C47H29N3S. The van der Waals surface area contributed by atoms with E-state index in [0.29, 0.717) is 17.5 Å². The Morgan fingerprint density at radius 3 is 1.63 bits per heavy atom. The molecule has 0 aliphatic rings. The summed E-state index contributed by atoms with van der Waals surface area (Å²) in [5.74, 6) is 1.96. The van der Waals surface area contributed by atoms with E-state index in [0.717, 1.165) is 49.7 Å². The fourth-order valence-electron chi connectivity index (χ4n) is 7.27. The van der Waals surface area contributed by atoms with Gasteiger partial charge in [-0.25, -0.2) is 15.0 Å². The molecule has 2 aromatic heterocycles. The topological polar surface area (TPSA) is 38.7 Å². The standard InChI is InChI=1S/C47H29N3S/c1-3-13-30(14-4-1)34-27-35(31-15-5-2-6-16-31)29-36(28-34)45-48-46(40-22-11-18-33-26-25-32-17-7-8-19-37(32)43(33)40)50-47(49-45)41-23-12-21-39-38-20-9-10-24-42(38)51-44(39)41/h1-29H. The zero-order chi connectivity index (χ0) is 33.7. The van der Waals surface area contributed by atoms with Gasteiger partial charge in [-0.15, -0.1) is 11.3 Å². The third-order valence-corrected chi connectivity index (χ3v) is 10.9. The number of benzene rings is 8. The van der Waals surface area contributed by atoms with Crippen molar-refractivity contribution in [3.8, 4) is 56.4 Å². The summed E-state index contributed by atoms with van der Waals surface area (Å²) in [6.45, 7) is 0. The molecular weight excluding hydrogens is 639 g/mol. The van der Waals surface area contributed by atoms with Crippen molar-refractivity contribution in [3.63, 3.8) is 0 Å². The molecule has 3 nitrogen and oxygen atoms in total. The lowest BCUT2D eigenvalue weighted by Crippen LogP contribution is -2.01. The van der Waals surface area contributed by atoms with Gasteiger partial charge < -0.3 is 0 Å². The van der Waals surface area contributed by atoms with Crippen molar-refractivity contribution in [2.45, 2.75) is 0 Å². The average molecular weight is 668 g/mol. The summed E-state index contributed by atoms with van der Waals surface area (Å²) < 4.78 is 2.42. The van der Waals surface area contributed by atoms with Crippen LogP contribution in [0.1, 0.15) is 0 Å². The van der Waals surface area contributed by atoms with Gasteiger partial charge in [0.25, 0.3) is 0 Å². The normalized spacial score (nSPS) is 11.5. The fraction of sp³-hybridized carbons (Fsp3) is 0. The molecule has 0 N–H and O–H groups in total. The van der Waals surface area contributed by atoms with Crippen molar-refractivity contribution in [2.75, 3.05) is 0 Å². The number of fused-ring (bicyclic) bond motifs is 6. The first-order valence-electron chi connectivity index (χ1n) is 17.1. The number of rotatable bonds is 5. The van der Waals surface area contributed by atoms with Crippen molar-refractivity contribution in [1.82, 2.24) is 15.0 Å². The quantitative estimate of drug-likeness (QED) is 0.171. The Balaban J connectivity index is 1.28. The highest BCUT2D eigenvalue weighted by molar-refractivity contribution is 7.26. The molecule has 0 radical (unpaired) electrons. The van der Waals surface area contributed by atoms with Gasteiger partial charge in [0.2, 0.25) is 0 Å². The van der Waals surface area contributed by atoms with Crippen LogP contribution in [0.15, 0.2) is 176 Å². The molecule has 0 aliphatic heterocycles. The molecule has 4 heteroatoms. The molecule has 10 rings (SSSR count). The average Bonchev–Trinajstić information content (AvgIpc) is 3.60. The molecule has 238 valence electrons. The smallest absolute Gasteiger partial charge is 0.165 e. The summed E-state index contributed by atoms with van der Waals surface area (Å²) in [6.07, 6.45) is 0. The van der Waals surface area contributed by atoms with E-state index in [4.69, 9.17) is 15.0 Å². The van der Waals surface area contributed by atoms with Crippen molar-refractivity contribution in [2.24, 2.45) is 0 Å². The van der Waals surface area contributed by atoms with E-state index in [2.05, 4.69) is 176 Å². The summed E-state index contributed by atoms with van der Waals surface area (Å²) in [5.41, 5.74) is 7.43. The van der Waals surface area contributed by atoms with Gasteiger partial charge in [0.05, 0.1) is 0 Å². The zero-order valence-corrected chi connectivity index (χ0v) is 28.3. The first-order valence-corrected chi connectivity index (χ1v) is 17.9. The van der Waals surface area contributed by atoms with Crippen LogP contribution in [-0.2, 0) is 0 Å². The van der Waals surface area contributed by atoms with Gasteiger partial charge in [0, 0.05) is 42.2 Å². The Bertz CT molecular complexity index is 2860. The molecule has 0 aliphatic carbocycles. The largest absolute Gasteiger partial charge is 0.208 e. The second-order valence-electron chi connectivity index (χ2n) is 12.8. The summed E-state index contributed by atoms with van der Waals surface area (Å²) in [4.78, 5) is 16.0. The van der Waals surface area contributed by atoms with Gasteiger partial charge in [-0.3, -0.25) is 0 Å². The van der Waals surface area contributed by atoms with Crippen LogP contribution in [0.5, 0.6) is 0 Å². The lowest BCUT2D eigenvalue weighted by Gasteiger charge is -2.14. The molecule has 0 spiro atoms. The molecule has 0 fully saturated rings. The van der Waals surface area contributed by atoms with E-state index in [-0.39, 0.29) is 0 Å². The first kappa shape index (κ1) is 29.4. The number of hydrogen-bond donors (Lipinski definition) is 0. The molecule has 8 aromatic carbocycles. The Morgan fingerprint density at radius 1 is 0.333 bits per heavy atom. The Labute approximate surface area is 299 Å². The molecule has 0 unspecified atom stereocenters. The van der Waals surface area contributed by atoms with Gasteiger partial charge in [-0.05, 0) is 68.7 Å². The summed E-state index contributed by atoms with van der Waals surface area (Å²) in [7, 11) is 0. The fourth-order valence-corrected chi connectivity index (χ4v) is 8.48. The highest BCUT2D eigenvalue weighted by Gasteiger charge is 2.19. The Kier molecular flexibility index (Phi) is 7.00. The molecule has 0 saturated heterocycles. The maximum absolute atomic E-state index is 5.33. The summed E-state index contributed by atoms with van der Waals surface area (Å²) >= 11 is 1.79. The van der Waals surface area contributed by atoms with E-state index < -0.39 is 0 Å². The zero-order valence-electron chi connectivity index (χ0n) is 27.5. The van der Waals surface area contributed by atoms with E-state index in [1.54, 1.807) is 11.3 Å². The Morgan fingerprint density at radius 2 is 0.863 bits per heavy atom. The van der Waals surface area contributed by atoms with E-state index >= 15 is 0 Å². The van der Waals surface area contributed by atoms with E-state index in [1.165, 1.54) is 30.9 Å². The van der Waals surface area contributed by atoms with Crippen LogP contribution < -0.4 is 0 Å². The van der Waals surface area contributed by atoms with Gasteiger partial charge >= 0.3 is 0 Å². The van der Waals surface area contributed by atoms with Crippen LogP contribution in [0, 0.1) is 0 Å². The first-order chi connectivity index (χ1) is 25.3. The molecule has 0 atom stereocenters. The molecule has 0 saturated carbocycles. The van der Waals surface area contributed by atoms with Crippen molar-refractivity contribution in [3.05, 3.63) is 176 Å². The SMILES string of the molecule is c1ccc(-c2cc(-c3ccccc3)cc(-c3nc(-c4cccc5c4sc4ccccc45)nc(-c4cccc5ccc6ccccc6c45)n3)c2)cc1. The van der Waals surface area contributed by atoms with Crippen molar-refractivity contribution < 1.29 is 0 Å². The van der Waals surface area contributed by atoms with Crippen molar-refractivity contribution >= 4 is 53.1 Å². The third kappa shape index (κ3) is 5.16. The molecule has 51 heavy (non-hydrogen) atoms. The van der Waals surface area contributed by atoms with Gasteiger partial charge in [0.1, 0.15) is 0 Å². The minimum absolute atomic E-state index is 0.639. The monoisotopic (exact) mass is 667 g/mol. The lowest BCUT2D eigenvalue weighted by molar-refractivity contribution is 1.08. The van der Waals surface area contributed by atoms with Gasteiger partial charge in [0.15, 0.2) is 17.5 Å². The number of thiophene rings is 1. The number of aromatic nitrogens is 3. The van der Waals surface area contributed by atoms with E-state index in [1.807, 2.05) is 0 Å². The predicted molar refractivity (Wildman–Crippen MR) is 215 cm³/mol. The third-order valence-electron chi connectivity index (χ3n) is 9.70. The van der Waals surface area contributed by atoms with Crippen LogP contribution in [0.2, 0.25) is 0 Å². The molecule has 0 amide bonds. The number of hydrogen-bond acceptors (Lipinski definition) is 4. The Hall–Kier alpha value is -6.49. The van der Waals surface area contributed by atoms with Crippen LogP contribution >= 0.6 is 11.3 Å². The van der Waals surface area contributed by atoms with Crippen LogP contribution in [-0.4, -0.2) is 15.0 Å². The maximum Gasteiger partial charge on any atom is 0.165 e. The highest BCUT2D eigenvalue weighted by atomic mass is 32.1. The van der Waals surface area contributed by atoms with E-state index in [9.17, 15) is 0 Å². The number of nitrogens with zero attached hydrogens (tertiary/aromatic N) is 3. The summed E-state index contributed by atoms with van der Waals surface area (Å²) in [6, 6.07) is 62.1. The van der Waals surface area contributed by atoms with Gasteiger partial charge in [-0.2, -0.15) is 0 Å². The maximum atomic E-state index is 5.33. The second-order valence-corrected chi connectivity index (χ2v) is 13.9. The minimum atomic E-state index is 0.639. The van der Waals surface area contributed by atoms with Crippen LogP contribution in [0.3, 0.4) is 0 Å².